The van der Waals surface area contributed by atoms with Gasteiger partial charge in [-0.05, 0) is 31.6 Å². The predicted molar refractivity (Wildman–Crippen MR) is 57.3 cm³/mol. The van der Waals surface area contributed by atoms with Crippen molar-refractivity contribution < 1.29 is 0 Å². The number of hydrogen-bond donors (Lipinski definition) is 0. The number of hydrogen-bond acceptors (Lipinski definition) is 0. The van der Waals surface area contributed by atoms with Gasteiger partial charge < -0.3 is 0 Å². The molecule has 0 amide bonds. The molecule has 1 unspecified atom stereocenters. The van der Waals surface area contributed by atoms with Crippen molar-refractivity contribution >= 4 is 0 Å². The highest BCUT2D eigenvalue weighted by Gasteiger charge is 1.89. The van der Waals surface area contributed by atoms with Gasteiger partial charge in [-0.15, -0.1) is 6.58 Å². The monoisotopic (exact) mass is 166 g/mol. The van der Waals surface area contributed by atoms with E-state index in [9.17, 15) is 0 Å². The molecule has 0 rings (SSSR count). The average Bonchev–Trinajstić information content (AvgIpc) is 2.10. The van der Waals surface area contributed by atoms with E-state index in [1.807, 2.05) is 6.08 Å². The molecule has 0 heterocycles. The SMILES string of the molecule is C=CCCCCC=CC(C)CC. The van der Waals surface area contributed by atoms with Gasteiger partial charge in [0.05, 0.1) is 0 Å². The molecular weight excluding hydrogens is 144 g/mol. The van der Waals surface area contributed by atoms with Crippen molar-refractivity contribution in [2.75, 3.05) is 0 Å². The van der Waals surface area contributed by atoms with E-state index in [1.54, 1.807) is 0 Å². The molecule has 0 aromatic heterocycles. The molecule has 0 aromatic rings. The van der Waals surface area contributed by atoms with Crippen LogP contribution in [-0.4, -0.2) is 0 Å². The van der Waals surface area contributed by atoms with Crippen LogP contribution in [-0.2, 0) is 0 Å². The Morgan fingerprint density at radius 3 is 2.50 bits per heavy atom. The first-order chi connectivity index (χ1) is 5.81. The van der Waals surface area contributed by atoms with E-state index in [0.29, 0.717) is 0 Å². The second kappa shape index (κ2) is 8.58. The van der Waals surface area contributed by atoms with E-state index in [4.69, 9.17) is 0 Å². The van der Waals surface area contributed by atoms with E-state index in [1.165, 1.54) is 25.7 Å². The molecule has 0 aliphatic rings. The lowest BCUT2D eigenvalue weighted by Crippen LogP contribution is -1.83. The van der Waals surface area contributed by atoms with Gasteiger partial charge in [0.1, 0.15) is 0 Å². The summed E-state index contributed by atoms with van der Waals surface area (Å²) in [6.07, 6.45) is 12.9. The maximum absolute atomic E-state index is 3.70. The summed E-state index contributed by atoms with van der Waals surface area (Å²) in [5.74, 6) is 0.754. The van der Waals surface area contributed by atoms with Crippen LogP contribution in [0.15, 0.2) is 24.8 Å². The number of rotatable bonds is 7. The fraction of sp³-hybridized carbons (Fsp3) is 0.667. The zero-order valence-corrected chi connectivity index (χ0v) is 8.55. The Balaban J connectivity index is 3.18. The lowest BCUT2D eigenvalue weighted by molar-refractivity contribution is 0.689. The highest BCUT2D eigenvalue weighted by atomic mass is 14.0. The van der Waals surface area contributed by atoms with E-state index < -0.39 is 0 Å². The molecule has 0 N–H and O–H groups in total. The van der Waals surface area contributed by atoms with Crippen LogP contribution in [0.25, 0.3) is 0 Å². The lowest BCUT2D eigenvalue weighted by atomic mass is 10.1. The molecule has 0 heteroatoms. The van der Waals surface area contributed by atoms with Crippen molar-refractivity contribution in [1.29, 1.82) is 0 Å². The Morgan fingerprint density at radius 1 is 1.25 bits per heavy atom. The third-order valence-corrected chi connectivity index (χ3v) is 2.14. The molecule has 0 bridgehead atoms. The minimum Gasteiger partial charge on any atom is -0.103 e. The van der Waals surface area contributed by atoms with Gasteiger partial charge in [0.2, 0.25) is 0 Å². The standard InChI is InChI=1S/C12H22/c1-4-6-7-8-9-10-11-12(3)5-2/h4,10-12H,1,5-9H2,2-3H3. The molecule has 1 atom stereocenters. The summed E-state index contributed by atoms with van der Waals surface area (Å²) in [5, 5.41) is 0. The van der Waals surface area contributed by atoms with Crippen molar-refractivity contribution in [1.82, 2.24) is 0 Å². The van der Waals surface area contributed by atoms with Gasteiger partial charge in [0.15, 0.2) is 0 Å². The summed E-state index contributed by atoms with van der Waals surface area (Å²) in [5.41, 5.74) is 0. The van der Waals surface area contributed by atoms with Crippen LogP contribution in [0, 0.1) is 5.92 Å². The topological polar surface area (TPSA) is 0 Å². The Morgan fingerprint density at radius 2 is 1.92 bits per heavy atom. The first-order valence-corrected chi connectivity index (χ1v) is 5.08. The van der Waals surface area contributed by atoms with E-state index in [0.717, 1.165) is 12.3 Å². The van der Waals surface area contributed by atoms with Gasteiger partial charge in [-0.25, -0.2) is 0 Å². The van der Waals surface area contributed by atoms with E-state index in [2.05, 4.69) is 32.6 Å². The molecule has 0 aromatic carbocycles. The molecule has 0 spiro atoms. The highest BCUT2D eigenvalue weighted by molar-refractivity contribution is 4.85. The summed E-state index contributed by atoms with van der Waals surface area (Å²) < 4.78 is 0. The Bertz CT molecular complexity index is 122. The fourth-order valence-corrected chi connectivity index (χ4v) is 1.02. The second-order valence-electron chi connectivity index (χ2n) is 3.39. The summed E-state index contributed by atoms with van der Waals surface area (Å²) in [4.78, 5) is 0. The minimum atomic E-state index is 0.754. The Labute approximate surface area is 77.4 Å². The zero-order chi connectivity index (χ0) is 9.23. The van der Waals surface area contributed by atoms with Crippen LogP contribution in [0.1, 0.15) is 46.0 Å². The predicted octanol–water partition coefficient (Wildman–Crippen LogP) is 4.34. The highest BCUT2D eigenvalue weighted by Crippen LogP contribution is 2.05. The number of unbranched alkanes of at least 4 members (excludes halogenated alkanes) is 3. The molecule has 0 nitrogen and oxygen atoms in total. The molecule has 70 valence electrons. The first kappa shape index (κ1) is 11.5. The van der Waals surface area contributed by atoms with Crippen LogP contribution >= 0.6 is 0 Å². The van der Waals surface area contributed by atoms with Gasteiger partial charge in [-0.1, -0.05) is 38.5 Å². The van der Waals surface area contributed by atoms with Crippen LogP contribution in [0.2, 0.25) is 0 Å². The van der Waals surface area contributed by atoms with Crippen molar-refractivity contribution in [2.45, 2.75) is 46.0 Å². The van der Waals surface area contributed by atoms with Gasteiger partial charge >= 0.3 is 0 Å². The van der Waals surface area contributed by atoms with Gasteiger partial charge in [0.25, 0.3) is 0 Å². The van der Waals surface area contributed by atoms with Gasteiger partial charge in [-0.3, -0.25) is 0 Å². The maximum Gasteiger partial charge on any atom is -0.0265 e. The molecule has 0 aliphatic carbocycles. The van der Waals surface area contributed by atoms with Gasteiger partial charge in [-0.2, -0.15) is 0 Å². The third-order valence-electron chi connectivity index (χ3n) is 2.14. The molecule has 12 heavy (non-hydrogen) atoms. The van der Waals surface area contributed by atoms with Crippen LogP contribution < -0.4 is 0 Å². The molecule has 0 aliphatic heterocycles. The van der Waals surface area contributed by atoms with Crippen molar-refractivity contribution in [3.8, 4) is 0 Å². The molecule has 0 saturated carbocycles. The smallest absolute Gasteiger partial charge is 0.0265 e. The number of allylic oxidation sites excluding steroid dienone is 3. The van der Waals surface area contributed by atoms with E-state index in [-0.39, 0.29) is 0 Å². The first-order valence-electron chi connectivity index (χ1n) is 5.08. The summed E-state index contributed by atoms with van der Waals surface area (Å²) in [6.45, 7) is 8.19. The zero-order valence-electron chi connectivity index (χ0n) is 8.55. The van der Waals surface area contributed by atoms with Crippen molar-refractivity contribution in [2.24, 2.45) is 5.92 Å². The molecular formula is C12H22. The summed E-state index contributed by atoms with van der Waals surface area (Å²) in [7, 11) is 0. The largest absolute Gasteiger partial charge is 0.103 e. The normalized spacial score (nSPS) is 13.5. The van der Waals surface area contributed by atoms with Crippen molar-refractivity contribution in [3.05, 3.63) is 24.8 Å². The van der Waals surface area contributed by atoms with Crippen LogP contribution in [0.5, 0.6) is 0 Å². The quantitative estimate of drug-likeness (QED) is 0.390. The minimum absolute atomic E-state index is 0.754. The fourth-order valence-electron chi connectivity index (χ4n) is 1.02. The Kier molecular flexibility index (Phi) is 8.20. The van der Waals surface area contributed by atoms with E-state index >= 15 is 0 Å². The maximum atomic E-state index is 3.70. The molecule has 0 saturated heterocycles. The molecule has 0 fully saturated rings. The Hall–Kier alpha value is -0.520. The second-order valence-corrected chi connectivity index (χ2v) is 3.39. The summed E-state index contributed by atoms with van der Waals surface area (Å²) >= 11 is 0. The van der Waals surface area contributed by atoms with Crippen LogP contribution in [0.4, 0.5) is 0 Å². The molecule has 0 radical (unpaired) electrons. The average molecular weight is 166 g/mol. The van der Waals surface area contributed by atoms with Crippen molar-refractivity contribution in [3.63, 3.8) is 0 Å². The lowest BCUT2D eigenvalue weighted by Gasteiger charge is -1.98. The van der Waals surface area contributed by atoms with Gasteiger partial charge in [0, 0.05) is 0 Å². The summed E-state index contributed by atoms with van der Waals surface area (Å²) in [6, 6.07) is 0. The van der Waals surface area contributed by atoms with Crippen LogP contribution in [0.3, 0.4) is 0 Å². The third kappa shape index (κ3) is 7.59.